The number of pyridine rings is 1. The molecular formula is C21H25N5O2S. The molecule has 29 heavy (non-hydrogen) atoms. The van der Waals surface area contributed by atoms with Crippen LogP contribution in [0.5, 0.6) is 0 Å². The molecule has 0 atom stereocenters. The van der Waals surface area contributed by atoms with Gasteiger partial charge in [0.1, 0.15) is 0 Å². The Bertz CT molecular complexity index is 1090. The maximum absolute atomic E-state index is 13.1. The summed E-state index contributed by atoms with van der Waals surface area (Å²) in [6, 6.07) is 11.4. The first-order valence-corrected chi connectivity index (χ1v) is 11.1. The van der Waals surface area contributed by atoms with Gasteiger partial charge in [0, 0.05) is 50.3 Å². The maximum atomic E-state index is 13.1. The Kier molecular flexibility index (Phi) is 5.49. The first kappa shape index (κ1) is 19.8. The van der Waals surface area contributed by atoms with Crippen LogP contribution in [0.4, 0.5) is 0 Å². The van der Waals surface area contributed by atoms with Crippen LogP contribution in [-0.4, -0.2) is 58.6 Å². The number of sulfonamides is 1. The molecule has 3 aromatic rings. The van der Waals surface area contributed by atoms with Crippen molar-refractivity contribution in [2.24, 2.45) is 0 Å². The predicted molar refractivity (Wildman–Crippen MR) is 112 cm³/mol. The van der Waals surface area contributed by atoms with Gasteiger partial charge in [0.2, 0.25) is 10.0 Å². The Balaban J connectivity index is 1.44. The van der Waals surface area contributed by atoms with Crippen LogP contribution in [0.25, 0.3) is 11.3 Å². The quantitative estimate of drug-likeness (QED) is 0.645. The first-order valence-electron chi connectivity index (χ1n) is 9.67. The number of piperazine rings is 1. The van der Waals surface area contributed by atoms with Crippen LogP contribution in [-0.2, 0) is 16.7 Å². The smallest absolute Gasteiger partial charge is 0.243 e. The maximum Gasteiger partial charge on any atom is 0.243 e. The van der Waals surface area contributed by atoms with Gasteiger partial charge < -0.3 is 0 Å². The molecule has 0 unspecified atom stereocenters. The van der Waals surface area contributed by atoms with E-state index >= 15 is 0 Å². The fourth-order valence-corrected chi connectivity index (χ4v) is 5.36. The second-order valence-corrected chi connectivity index (χ2v) is 9.30. The topological polar surface area (TPSA) is 71.3 Å². The summed E-state index contributed by atoms with van der Waals surface area (Å²) in [5, 5.41) is 4.44. The zero-order valence-electron chi connectivity index (χ0n) is 16.7. The number of benzene rings is 1. The summed E-state index contributed by atoms with van der Waals surface area (Å²) in [4.78, 5) is 6.81. The second kappa shape index (κ2) is 8.06. The van der Waals surface area contributed by atoms with Gasteiger partial charge in [-0.25, -0.2) is 8.42 Å². The molecule has 0 amide bonds. The van der Waals surface area contributed by atoms with Crippen molar-refractivity contribution in [3.8, 4) is 11.3 Å². The van der Waals surface area contributed by atoms with Crippen LogP contribution in [0, 0.1) is 13.8 Å². The van der Waals surface area contributed by atoms with Gasteiger partial charge in [0.25, 0.3) is 0 Å². The Morgan fingerprint density at radius 2 is 1.79 bits per heavy atom. The molecule has 0 spiro atoms. The second-order valence-electron chi connectivity index (χ2n) is 7.39. The van der Waals surface area contributed by atoms with E-state index < -0.39 is 10.0 Å². The molecular weight excluding hydrogens is 386 g/mol. The van der Waals surface area contributed by atoms with Crippen molar-refractivity contribution >= 4 is 10.0 Å². The summed E-state index contributed by atoms with van der Waals surface area (Å²) < 4.78 is 29.7. The molecule has 0 bridgehead atoms. The lowest BCUT2D eigenvalue weighted by molar-refractivity contribution is 0.146. The summed E-state index contributed by atoms with van der Waals surface area (Å²) in [5.41, 5.74) is 3.88. The highest BCUT2D eigenvalue weighted by atomic mass is 32.2. The molecule has 0 saturated carbocycles. The molecule has 3 heterocycles. The summed E-state index contributed by atoms with van der Waals surface area (Å²) in [7, 11) is -3.47. The number of rotatable bonds is 5. The normalized spacial score (nSPS) is 16.2. The van der Waals surface area contributed by atoms with Gasteiger partial charge in [0.05, 0.1) is 17.3 Å². The fourth-order valence-electron chi connectivity index (χ4n) is 3.73. The summed E-state index contributed by atoms with van der Waals surface area (Å²) >= 11 is 0. The van der Waals surface area contributed by atoms with Crippen LogP contribution < -0.4 is 0 Å². The summed E-state index contributed by atoms with van der Waals surface area (Å²) in [6.07, 6.45) is 5.35. The Labute approximate surface area is 171 Å². The fraction of sp³-hybridized carbons (Fsp3) is 0.333. The highest BCUT2D eigenvalue weighted by Gasteiger charge is 2.29. The molecule has 1 fully saturated rings. The van der Waals surface area contributed by atoms with E-state index in [-0.39, 0.29) is 0 Å². The molecule has 4 rings (SSSR count). The minimum Gasteiger partial charge on any atom is -0.282 e. The van der Waals surface area contributed by atoms with Gasteiger partial charge in [-0.3, -0.25) is 14.6 Å². The number of hydrogen-bond donors (Lipinski definition) is 0. The molecule has 2 aromatic heterocycles. The first-order chi connectivity index (χ1) is 13.9. The molecule has 1 aromatic carbocycles. The monoisotopic (exact) mass is 411 g/mol. The lowest BCUT2D eigenvalue weighted by Gasteiger charge is -2.34. The SMILES string of the molecule is Cc1ccc(S(=O)(=O)N2CCN(Cn3nccc3-c3cccnc3)CC2)c(C)c1. The number of nitrogens with zero attached hydrogens (tertiary/aromatic N) is 5. The van der Waals surface area contributed by atoms with E-state index in [0.717, 1.165) is 22.4 Å². The van der Waals surface area contributed by atoms with Crippen LogP contribution in [0.3, 0.4) is 0 Å². The van der Waals surface area contributed by atoms with E-state index in [1.165, 1.54) is 0 Å². The van der Waals surface area contributed by atoms with E-state index in [1.54, 1.807) is 22.8 Å². The molecule has 1 aliphatic rings. The van der Waals surface area contributed by atoms with Crippen molar-refractivity contribution in [1.82, 2.24) is 24.0 Å². The van der Waals surface area contributed by atoms with E-state index in [2.05, 4.69) is 15.0 Å². The van der Waals surface area contributed by atoms with Crippen molar-refractivity contribution in [2.75, 3.05) is 26.2 Å². The predicted octanol–water partition coefficient (Wildman–Crippen LogP) is 2.53. The summed E-state index contributed by atoms with van der Waals surface area (Å²) in [5.74, 6) is 0. The third kappa shape index (κ3) is 4.10. The Morgan fingerprint density at radius 1 is 1.00 bits per heavy atom. The van der Waals surface area contributed by atoms with Gasteiger partial charge in [-0.05, 0) is 43.7 Å². The van der Waals surface area contributed by atoms with E-state index in [1.807, 2.05) is 55.1 Å². The van der Waals surface area contributed by atoms with Gasteiger partial charge in [-0.2, -0.15) is 9.40 Å². The van der Waals surface area contributed by atoms with Crippen molar-refractivity contribution in [3.63, 3.8) is 0 Å². The van der Waals surface area contributed by atoms with Gasteiger partial charge >= 0.3 is 0 Å². The third-order valence-corrected chi connectivity index (χ3v) is 7.35. The van der Waals surface area contributed by atoms with Crippen LogP contribution in [0.1, 0.15) is 11.1 Å². The molecule has 1 aliphatic heterocycles. The molecule has 152 valence electrons. The average molecular weight is 412 g/mol. The highest BCUT2D eigenvalue weighted by Crippen LogP contribution is 2.23. The lowest BCUT2D eigenvalue weighted by atomic mass is 10.2. The van der Waals surface area contributed by atoms with Gasteiger partial charge in [-0.15, -0.1) is 0 Å². The third-order valence-electron chi connectivity index (χ3n) is 5.29. The van der Waals surface area contributed by atoms with Gasteiger partial charge in [0.15, 0.2) is 0 Å². The average Bonchev–Trinajstić information content (AvgIpc) is 3.17. The molecule has 0 aliphatic carbocycles. The number of aryl methyl sites for hydroxylation is 2. The van der Waals surface area contributed by atoms with Gasteiger partial charge in [-0.1, -0.05) is 17.7 Å². The zero-order valence-corrected chi connectivity index (χ0v) is 17.5. The van der Waals surface area contributed by atoms with Crippen LogP contribution >= 0.6 is 0 Å². The van der Waals surface area contributed by atoms with Crippen molar-refractivity contribution in [3.05, 3.63) is 66.1 Å². The zero-order chi connectivity index (χ0) is 20.4. The van der Waals surface area contributed by atoms with E-state index in [0.29, 0.717) is 37.7 Å². The van der Waals surface area contributed by atoms with Crippen molar-refractivity contribution in [2.45, 2.75) is 25.4 Å². The lowest BCUT2D eigenvalue weighted by Crippen LogP contribution is -2.49. The molecule has 8 heteroatoms. The summed E-state index contributed by atoms with van der Waals surface area (Å²) in [6.45, 7) is 6.71. The Hall–Kier alpha value is -2.55. The molecule has 0 N–H and O–H groups in total. The highest BCUT2D eigenvalue weighted by molar-refractivity contribution is 7.89. The Morgan fingerprint density at radius 3 is 2.48 bits per heavy atom. The molecule has 1 saturated heterocycles. The minimum atomic E-state index is -3.47. The molecule has 7 nitrogen and oxygen atoms in total. The number of hydrogen-bond acceptors (Lipinski definition) is 5. The minimum absolute atomic E-state index is 0.405. The number of aromatic nitrogens is 3. The van der Waals surface area contributed by atoms with E-state index in [9.17, 15) is 8.42 Å². The van der Waals surface area contributed by atoms with Crippen LogP contribution in [0.15, 0.2) is 59.9 Å². The largest absolute Gasteiger partial charge is 0.282 e. The van der Waals surface area contributed by atoms with E-state index in [4.69, 9.17) is 0 Å². The van der Waals surface area contributed by atoms with Crippen LogP contribution in [0.2, 0.25) is 0 Å². The van der Waals surface area contributed by atoms with Crippen molar-refractivity contribution in [1.29, 1.82) is 0 Å². The standard InChI is InChI=1S/C21H25N5O2S/c1-17-5-6-21(18(2)14-17)29(27,28)25-12-10-24(11-13-25)16-26-20(7-9-23-26)19-4-3-8-22-15-19/h3-9,14-15H,10-13,16H2,1-2H3. The molecule has 0 radical (unpaired) electrons. The van der Waals surface area contributed by atoms with Crippen molar-refractivity contribution < 1.29 is 8.42 Å².